The number of halogens is 2. The first kappa shape index (κ1) is 34.0. The molecule has 0 fully saturated rings. The Labute approximate surface area is 263 Å². The first-order chi connectivity index (χ1) is 20.4. The van der Waals surface area contributed by atoms with Crippen molar-refractivity contribution in [1.29, 1.82) is 0 Å². The molecule has 1 atom stereocenters. The van der Waals surface area contributed by atoms with E-state index >= 15 is 0 Å². The van der Waals surface area contributed by atoms with Gasteiger partial charge in [0.2, 0.25) is 11.8 Å². The summed E-state index contributed by atoms with van der Waals surface area (Å²) in [5, 5.41) is 3.63. The predicted molar refractivity (Wildman–Crippen MR) is 169 cm³/mol. The second kappa shape index (κ2) is 15.3. The van der Waals surface area contributed by atoms with Gasteiger partial charge in [0.1, 0.15) is 12.6 Å². The summed E-state index contributed by atoms with van der Waals surface area (Å²) in [6, 6.07) is 16.3. The Morgan fingerprint density at radius 1 is 0.930 bits per heavy atom. The average molecular weight is 651 g/mol. The molecule has 43 heavy (non-hydrogen) atoms. The number of nitrogens with one attached hydrogen (secondary N) is 1. The molecule has 9 nitrogen and oxygen atoms in total. The zero-order valence-corrected chi connectivity index (χ0v) is 27.2. The molecular formula is C31H37Cl2N3O6S. The van der Waals surface area contributed by atoms with Crippen molar-refractivity contribution in [3.05, 3.63) is 82.3 Å². The zero-order valence-electron chi connectivity index (χ0n) is 24.8. The molecular weight excluding hydrogens is 613 g/mol. The van der Waals surface area contributed by atoms with Gasteiger partial charge in [0, 0.05) is 29.2 Å². The van der Waals surface area contributed by atoms with Crippen molar-refractivity contribution >= 4 is 50.7 Å². The molecule has 0 saturated heterocycles. The molecule has 0 spiro atoms. The summed E-state index contributed by atoms with van der Waals surface area (Å²) in [6.07, 6.45) is 0.280. The van der Waals surface area contributed by atoms with E-state index in [4.69, 9.17) is 32.7 Å². The van der Waals surface area contributed by atoms with E-state index < -0.39 is 28.5 Å². The fourth-order valence-corrected chi connectivity index (χ4v) is 6.30. The van der Waals surface area contributed by atoms with E-state index in [1.807, 2.05) is 13.8 Å². The first-order valence-corrected chi connectivity index (χ1v) is 15.9. The summed E-state index contributed by atoms with van der Waals surface area (Å²) >= 11 is 12.6. The second-order valence-corrected chi connectivity index (χ2v) is 12.9. The van der Waals surface area contributed by atoms with Crippen LogP contribution in [0.1, 0.15) is 32.8 Å². The van der Waals surface area contributed by atoms with Crippen LogP contribution in [0.5, 0.6) is 11.5 Å². The van der Waals surface area contributed by atoms with Gasteiger partial charge in [-0.25, -0.2) is 8.42 Å². The molecule has 3 rings (SSSR count). The Bertz CT molecular complexity index is 1520. The lowest BCUT2D eigenvalue weighted by Crippen LogP contribution is -2.52. The Balaban J connectivity index is 2.11. The highest BCUT2D eigenvalue weighted by atomic mass is 35.5. The van der Waals surface area contributed by atoms with Crippen LogP contribution in [0.3, 0.4) is 0 Å². The predicted octanol–water partition coefficient (Wildman–Crippen LogP) is 5.79. The SMILES string of the molecule is CCC(C(=O)NCC(C)C)N(Cc1ccc(Cl)cc1Cl)C(=O)CN(c1ccc(OC)c(OC)c1)S(=O)(=O)c1ccccc1. The van der Waals surface area contributed by atoms with Crippen molar-refractivity contribution in [3.63, 3.8) is 0 Å². The molecule has 232 valence electrons. The number of anilines is 1. The minimum absolute atomic E-state index is 0.00778. The highest BCUT2D eigenvalue weighted by Gasteiger charge is 2.34. The summed E-state index contributed by atoms with van der Waals surface area (Å²) in [5.41, 5.74) is 0.731. The molecule has 0 aliphatic rings. The van der Waals surface area contributed by atoms with Crippen LogP contribution in [0.4, 0.5) is 5.69 Å². The highest BCUT2D eigenvalue weighted by Crippen LogP contribution is 2.34. The maximum absolute atomic E-state index is 14.2. The third-order valence-electron chi connectivity index (χ3n) is 6.69. The van der Waals surface area contributed by atoms with Crippen molar-refractivity contribution in [2.75, 3.05) is 31.6 Å². The fraction of sp³-hybridized carbons (Fsp3) is 0.355. The van der Waals surface area contributed by atoms with Gasteiger partial charge in [-0.1, -0.05) is 68.2 Å². The number of carbonyl (C=O) groups excluding carboxylic acids is 2. The summed E-state index contributed by atoms with van der Waals surface area (Å²) in [7, 11) is -1.34. The van der Waals surface area contributed by atoms with Crippen LogP contribution in [0.15, 0.2) is 71.6 Å². The van der Waals surface area contributed by atoms with E-state index in [0.29, 0.717) is 27.9 Å². The van der Waals surface area contributed by atoms with Gasteiger partial charge in [-0.05, 0) is 54.3 Å². The summed E-state index contributed by atoms with van der Waals surface area (Å²) < 4.78 is 39.8. The fourth-order valence-electron chi connectivity index (χ4n) is 4.40. The number of benzene rings is 3. The number of sulfonamides is 1. The quantitative estimate of drug-likeness (QED) is 0.237. The minimum Gasteiger partial charge on any atom is -0.493 e. The standard InChI is InChI=1S/C31H37Cl2N3O6S/c1-6-27(31(38)34-18-21(2)3)35(19-22-12-13-23(32)16-26(22)33)30(37)20-36(43(39,40)25-10-8-7-9-11-25)24-14-15-28(41-4)29(17-24)42-5/h7-17,21,27H,6,18-20H2,1-5H3,(H,34,38). The average Bonchev–Trinajstić information content (AvgIpc) is 2.99. The third kappa shape index (κ3) is 8.55. The van der Waals surface area contributed by atoms with E-state index in [-0.39, 0.29) is 41.1 Å². The van der Waals surface area contributed by atoms with E-state index in [9.17, 15) is 18.0 Å². The summed E-state index contributed by atoms with van der Waals surface area (Å²) in [6.45, 7) is 5.48. The van der Waals surface area contributed by atoms with Crippen LogP contribution >= 0.6 is 23.2 Å². The van der Waals surface area contributed by atoms with Crippen molar-refractivity contribution in [3.8, 4) is 11.5 Å². The smallest absolute Gasteiger partial charge is 0.264 e. The van der Waals surface area contributed by atoms with Crippen LogP contribution in [0.2, 0.25) is 10.0 Å². The lowest BCUT2D eigenvalue weighted by atomic mass is 10.1. The minimum atomic E-state index is -4.24. The van der Waals surface area contributed by atoms with Gasteiger partial charge in [-0.3, -0.25) is 13.9 Å². The lowest BCUT2D eigenvalue weighted by Gasteiger charge is -2.33. The molecule has 0 saturated carbocycles. The van der Waals surface area contributed by atoms with Gasteiger partial charge in [-0.15, -0.1) is 0 Å². The Kier molecular flexibility index (Phi) is 12.1. The van der Waals surface area contributed by atoms with Gasteiger partial charge >= 0.3 is 0 Å². The molecule has 0 aliphatic carbocycles. The van der Waals surface area contributed by atoms with E-state index in [2.05, 4.69) is 5.32 Å². The monoisotopic (exact) mass is 649 g/mol. The van der Waals surface area contributed by atoms with E-state index in [0.717, 1.165) is 4.31 Å². The van der Waals surface area contributed by atoms with Crippen molar-refractivity contribution in [2.45, 2.75) is 44.7 Å². The molecule has 0 radical (unpaired) electrons. The van der Waals surface area contributed by atoms with E-state index in [1.54, 1.807) is 49.4 Å². The largest absolute Gasteiger partial charge is 0.493 e. The van der Waals surface area contributed by atoms with Gasteiger partial charge < -0.3 is 19.7 Å². The summed E-state index contributed by atoms with van der Waals surface area (Å²) in [5.74, 6) is -0.0931. The maximum atomic E-state index is 14.2. The molecule has 2 amide bonds. The number of nitrogens with zero attached hydrogens (tertiary/aromatic N) is 2. The molecule has 0 aliphatic heterocycles. The molecule has 0 heterocycles. The number of methoxy groups -OCH3 is 2. The van der Waals surface area contributed by atoms with Gasteiger partial charge in [-0.2, -0.15) is 0 Å². The third-order valence-corrected chi connectivity index (χ3v) is 9.07. The Morgan fingerprint density at radius 2 is 1.60 bits per heavy atom. The number of amides is 2. The lowest BCUT2D eigenvalue weighted by molar-refractivity contribution is -0.140. The molecule has 0 aromatic heterocycles. The van der Waals surface area contributed by atoms with Crippen LogP contribution in [-0.4, -0.2) is 58.5 Å². The number of carbonyl (C=O) groups is 2. The van der Waals surface area contributed by atoms with Crippen molar-refractivity contribution in [1.82, 2.24) is 10.2 Å². The molecule has 1 N–H and O–H groups in total. The molecule has 3 aromatic carbocycles. The topological polar surface area (TPSA) is 105 Å². The van der Waals surface area contributed by atoms with Crippen LogP contribution in [0.25, 0.3) is 0 Å². The molecule has 1 unspecified atom stereocenters. The van der Waals surface area contributed by atoms with Crippen molar-refractivity contribution in [2.24, 2.45) is 5.92 Å². The number of hydrogen-bond donors (Lipinski definition) is 1. The van der Waals surface area contributed by atoms with Crippen LogP contribution in [0, 0.1) is 5.92 Å². The normalized spacial score (nSPS) is 12.0. The maximum Gasteiger partial charge on any atom is 0.264 e. The van der Waals surface area contributed by atoms with Crippen LogP contribution < -0.4 is 19.1 Å². The number of hydrogen-bond acceptors (Lipinski definition) is 6. The van der Waals surface area contributed by atoms with Gasteiger partial charge in [0.05, 0.1) is 24.8 Å². The second-order valence-electron chi connectivity index (χ2n) is 10.2. The highest BCUT2D eigenvalue weighted by molar-refractivity contribution is 7.92. The van der Waals surface area contributed by atoms with Crippen molar-refractivity contribution < 1.29 is 27.5 Å². The van der Waals surface area contributed by atoms with Gasteiger partial charge in [0.15, 0.2) is 11.5 Å². The number of ether oxygens (including phenoxy) is 2. The molecule has 0 bridgehead atoms. The first-order valence-electron chi connectivity index (χ1n) is 13.7. The van der Waals surface area contributed by atoms with Crippen LogP contribution in [-0.2, 0) is 26.2 Å². The van der Waals surface area contributed by atoms with E-state index in [1.165, 1.54) is 43.4 Å². The Hall–Kier alpha value is -3.47. The zero-order chi connectivity index (χ0) is 31.7. The summed E-state index contributed by atoms with van der Waals surface area (Å²) in [4.78, 5) is 28.9. The molecule has 12 heteroatoms. The molecule has 3 aromatic rings. The Morgan fingerprint density at radius 3 is 2.19 bits per heavy atom. The van der Waals surface area contributed by atoms with Gasteiger partial charge in [0.25, 0.3) is 10.0 Å². The number of rotatable bonds is 14.